The van der Waals surface area contributed by atoms with Crippen LogP contribution >= 0.6 is 0 Å². The molecule has 2 rings (SSSR count). The normalized spacial score (nSPS) is 12.6. The van der Waals surface area contributed by atoms with Gasteiger partial charge in [0.25, 0.3) is 5.89 Å². The Hall–Kier alpha value is -2.20. The molecule has 1 atom stereocenters. The molecule has 2 aromatic rings. The molecule has 0 spiro atoms. The fraction of sp³-hybridized carbons (Fsp3) is 0.455. The first-order chi connectivity index (χ1) is 8.67. The molecular weight excluding hydrogens is 234 g/mol. The molecule has 7 heteroatoms. The Morgan fingerprint density at radius 3 is 2.89 bits per heavy atom. The second-order valence-electron chi connectivity index (χ2n) is 4.13. The maximum atomic E-state index is 8.88. The monoisotopic (exact) mass is 247 g/mol. The summed E-state index contributed by atoms with van der Waals surface area (Å²) in [6.07, 6.45) is 1.24. The Balaban J connectivity index is 2.34. The van der Waals surface area contributed by atoms with Crippen LogP contribution in [0.25, 0.3) is 11.5 Å². The van der Waals surface area contributed by atoms with E-state index in [4.69, 9.17) is 14.5 Å². The fourth-order valence-electron chi connectivity index (χ4n) is 1.67. The minimum Gasteiger partial charge on any atom is -0.373 e. The van der Waals surface area contributed by atoms with E-state index in [0.29, 0.717) is 17.1 Å². The number of nitrogens with one attached hydrogen (secondary N) is 1. The molecular formula is C11H13N5O2. The number of H-pyrrole nitrogens is 1. The lowest BCUT2D eigenvalue weighted by Crippen LogP contribution is -2.10. The van der Waals surface area contributed by atoms with Gasteiger partial charge in [0, 0.05) is 7.11 Å². The lowest BCUT2D eigenvalue weighted by Gasteiger charge is -2.14. The van der Waals surface area contributed by atoms with E-state index in [9.17, 15) is 0 Å². The van der Waals surface area contributed by atoms with E-state index in [2.05, 4.69) is 20.3 Å². The first-order valence-corrected chi connectivity index (χ1v) is 5.47. The van der Waals surface area contributed by atoms with E-state index in [1.165, 1.54) is 6.20 Å². The molecule has 0 saturated carbocycles. The van der Waals surface area contributed by atoms with Gasteiger partial charge in [-0.25, -0.2) is 0 Å². The first kappa shape index (κ1) is 12.3. The number of nitriles is 1. The van der Waals surface area contributed by atoms with Gasteiger partial charge >= 0.3 is 0 Å². The summed E-state index contributed by atoms with van der Waals surface area (Å²) in [5.41, 5.74) is 0.790. The van der Waals surface area contributed by atoms with Crippen molar-refractivity contribution in [1.82, 2.24) is 20.3 Å². The maximum absolute atomic E-state index is 8.88. The average molecular weight is 247 g/mol. The number of aromatic amines is 1. The lowest BCUT2D eigenvalue weighted by atomic mass is 10.1. The van der Waals surface area contributed by atoms with Gasteiger partial charge in [-0.15, -0.1) is 0 Å². The van der Waals surface area contributed by atoms with Crippen LogP contribution in [0, 0.1) is 17.2 Å². The van der Waals surface area contributed by atoms with Crippen molar-refractivity contribution in [3.05, 3.63) is 17.7 Å². The largest absolute Gasteiger partial charge is 0.373 e. The van der Waals surface area contributed by atoms with Gasteiger partial charge in [0.05, 0.1) is 11.8 Å². The van der Waals surface area contributed by atoms with Crippen molar-refractivity contribution in [3.8, 4) is 17.5 Å². The van der Waals surface area contributed by atoms with Gasteiger partial charge in [-0.05, 0) is 5.92 Å². The SMILES string of the molecule is COC(c1noc(-c2cn[nH]c2C#N)n1)C(C)C. The Morgan fingerprint density at radius 1 is 1.50 bits per heavy atom. The Bertz CT molecular complexity index is 566. The Labute approximate surface area is 104 Å². The van der Waals surface area contributed by atoms with E-state index in [1.54, 1.807) is 7.11 Å². The highest BCUT2D eigenvalue weighted by molar-refractivity contribution is 5.59. The third kappa shape index (κ3) is 2.10. The van der Waals surface area contributed by atoms with E-state index in [-0.39, 0.29) is 17.9 Å². The average Bonchev–Trinajstić information content (AvgIpc) is 2.96. The smallest absolute Gasteiger partial charge is 0.262 e. The van der Waals surface area contributed by atoms with Crippen molar-refractivity contribution in [2.24, 2.45) is 5.92 Å². The van der Waals surface area contributed by atoms with E-state index in [1.807, 2.05) is 19.9 Å². The summed E-state index contributed by atoms with van der Waals surface area (Å²) in [7, 11) is 1.60. The number of nitrogens with zero attached hydrogens (tertiary/aromatic N) is 4. The Kier molecular flexibility index (Phi) is 3.39. The van der Waals surface area contributed by atoms with Crippen LogP contribution in [-0.2, 0) is 4.74 Å². The van der Waals surface area contributed by atoms with E-state index >= 15 is 0 Å². The molecule has 18 heavy (non-hydrogen) atoms. The zero-order chi connectivity index (χ0) is 13.1. The molecule has 0 aromatic carbocycles. The highest BCUT2D eigenvalue weighted by Crippen LogP contribution is 2.26. The first-order valence-electron chi connectivity index (χ1n) is 5.47. The Morgan fingerprint density at radius 2 is 2.28 bits per heavy atom. The van der Waals surface area contributed by atoms with Gasteiger partial charge in [0.15, 0.2) is 0 Å². The summed E-state index contributed by atoms with van der Waals surface area (Å²) in [6, 6.07) is 1.97. The van der Waals surface area contributed by atoms with Crippen LogP contribution in [0.15, 0.2) is 10.7 Å². The van der Waals surface area contributed by atoms with Crippen LogP contribution < -0.4 is 0 Å². The molecule has 1 unspecified atom stereocenters. The van der Waals surface area contributed by atoms with Crippen LogP contribution in [0.5, 0.6) is 0 Å². The van der Waals surface area contributed by atoms with Crippen LogP contribution in [-0.4, -0.2) is 27.4 Å². The number of hydrogen-bond donors (Lipinski definition) is 1. The molecule has 94 valence electrons. The number of hydrogen-bond acceptors (Lipinski definition) is 6. The topological polar surface area (TPSA) is 101 Å². The van der Waals surface area contributed by atoms with E-state index < -0.39 is 0 Å². The predicted molar refractivity (Wildman–Crippen MR) is 61.2 cm³/mol. The van der Waals surface area contributed by atoms with Crippen molar-refractivity contribution in [3.63, 3.8) is 0 Å². The summed E-state index contributed by atoms with van der Waals surface area (Å²) in [5.74, 6) is 0.950. The number of methoxy groups -OCH3 is 1. The molecule has 2 aromatic heterocycles. The highest BCUT2D eigenvalue weighted by atomic mass is 16.5. The second kappa shape index (κ2) is 4.98. The van der Waals surface area contributed by atoms with Crippen LogP contribution in [0.2, 0.25) is 0 Å². The van der Waals surface area contributed by atoms with Gasteiger partial charge in [-0.2, -0.15) is 15.3 Å². The van der Waals surface area contributed by atoms with Gasteiger partial charge < -0.3 is 9.26 Å². The number of rotatable bonds is 4. The lowest BCUT2D eigenvalue weighted by molar-refractivity contribution is 0.0556. The maximum Gasteiger partial charge on any atom is 0.262 e. The van der Waals surface area contributed by atoms with E-state index in [0.717, 1.165) is 0 Å². The minimum atomic E-state index is -0.236. The third-order valence-corrected chi connectivity index (χ3v) is 2.54. The summed E-state index contributed by atoms with van der Waals surface area (Å²) in [6.45, 7) is 4.01. The van der Waals surface area contributed by atoms with Crippen LogP contribution in [0.1, 0.15) is 31.5 Å². The van der Waals surface area contributed by atoms with Crippen LogP contribution in [0.3, 0.4) is 0 Å². The van der Waals surface area contributed by atoms with Gasteiger partial charge in [0.1, 0.15) is 17.9 Å². The fourth-order valence-corrected chi connectivity index (χ4v) is 1.67. The summed E-state index contributed by atoms with van der Waals surface area (Å²) < 4.78 is 10.4. The van der Waals surface area contributed by atoms with Crippen molar-refractivity contribution in [1.29, 1.82) is 5.26 Å². The van der Waals surface area contributed by atoms with Crippen molar-refractivity contribution in [2.45, 2.75) is 20.0 Å². The molecule has 0 aliphatic carbocycles. The minimum absolute atomic E-state index is 0.222. The molecule has 7 nitrogen and oxygen atoms in total. The summed E-state index contributed by atoms with van der Waals surface area (Å²) >= 11 is 0. The number of ether oxygens (including phenoxy) is 1. The highest BCUT2D eigenvalue weighted by Gasteiger charge is 2.23. The van der Waals surface area contributed by atoms with Crippen LogP contribution in [0.4, 0.5) is 0 Å². The third-order valence-electron chi connectivity index (χ3n) is 2.54. The number of aromatic nitrogens is 4. The van der Waals surface area contributed by atoms with Gasteiger partial charge in [0.2, 0.25) is 5.82 Å². The summed E-state index contributed by atoms with van der Waals surface area (Å²) in [5, 5.41) is 19.1. The molecule has 0 aliphatic heterocycles. The second-order valence-corrected chi connectivity index (χ2v) is 4.13. The molecule has 0 aliphatic rings. The van der Waals surface area contributed by atoms with Crippen molar-refractivity contribution in [2.75, 3.05) is 7.11 Å². The molecule has 0 saturated heterocycles. The van der Waals surface area contributed by atoms with Crippen molar-refractivity contribution < 1.29 is 9.26 Å². The molecule has 1 N–H and O–H groups in total. The van der Waals surface area contributed by atoms with Gasteiger partial charge in [-0.3, -0.25) is 5.10 Å². The van der Waals surface area contributed by atoms with Gasteiger partial charge in [-0.1, -0.05) is 19.0 Å². The van der Waals surface area contributed by atoms with Crippen molar-refractivity contribution >= 4 is 0 Å². The standard InChI is InChI=1S/C11H13N5O2/c1-6(2)9(17-3)10-14-11(18-16-10)7-5-13-15-8(7)4-12/h5-6,9H,1-3H3,(H,13,15). The molecule has 0 radical (unpaired) electrons. The molecule has 0 fully saturated rings. The zero-order valence-corrected chi connectivity index (χ0v) is 10.3. The zero-order valence-electron chi connectivity index (χ0n) is 10.3. The molecule has 0 amide bonds. The quantitative estimate of drug-likeness (QED) is 0.881. The molecule has 0 bridgehead atoms. The predicted octanol–water partition coefficient (Wildman–Crippen LogP) is 1.67. The molecule has 2 heterocycles. The summed E-state index contributed by atoms with van der Waals surface area (Å²) in [4.78, 5) is 4.24.